The van der Waals surface area contributed by atoms with Crippen LogP contribution in [-0.4, -0.2) is 12.5 Å². The molecule has 0 spiro atoms. The lowest BCUT2D eigenvalue weighted by molar-refractivity contribution is -0.137. The second-order valence-corrected chi connectivity index (χ2v) is 6.65. The van der Waals surface area contributed by atoms with E-state index in [1.54, 1.807) is 0 Å². The molecule has 0 bridgehead atoms. The Balaban J connectivity index is 2.09. The zero-order valence-corrected chi connectivity index (χ0v) is 12.7. The Bertz CT molecular complexity index is 540. The molecule has 0 aromatic heterocycles. The van der Waals surface area contributed by atoms with Crippen molar-refractivity contribution in [3.63, 3.8) is 0 Å². The molecule has 0 aliphatic heterocycles. The molecule has 2 rings (SSSR count). The summed E-state index contributed by atoms with van der Waals surface area (Å²) in [6.07, 6.45) is -3.43. The molecule has 1 saturated carbocycles. The van der Waals surface area contributed by atoms with Gasteiger partial charge in [0.1, 0.15) is 0 Å². The summed E-state index contributed by atoms with van der Waals surface area (Å²) in [6.45, 7) is 4.70. The van der Waals surface area contributed by atoms with Crippen molar-refractivity contribution in [1.82, 2.24) is 5.32 Å². The van der Waals surface area contributed by atoms with Crippen LogP contribution < -0.4 is 5.32 Å². The van der Waals surface area contributed by atoms with E-state index in [0.29, 0.717) is 16.9 Å². The molecule has 1 unspecified atom stereocenters. The summed E-state index contributed by atoms with van der Waals surface area (Å²) in [6, 6.07) is 3.07. The fourth-order valence-corrected chi connectivity index (χ4v) is 2.54. The van der Waals surface area contributed by atoms with E-state index in [1.165, 1.54) is 6.07 Å². The quantitative estimate of drug-likeness (QED) is 0.868. The molecule has 1 N–H and O–H groups in total. The highest BCUT2D eigenvalue weighted by Gasteiger charge is 2.45. The lowest BCUT2D eigenvalue weighted by Crippen LogP contribution is -2.27. The van der Waals surface area contributed by atoms with E-state index >= 15 is 0 Å². The standard InChI is InChI=1S/C14H15BrF3NO/c1-13(2)6-9(13)7-19-12(20)10-5-8(14(16,17)18)3-4-11(10)15/h3-5,9H,6-7H2,1-2H3,(H,19,20). The normalized spacial score (nSPS) is 20.6. The van der Waals surface area contributed by atoms with Gasteiger partial charge in [0.15, 0.2) is 0 Å². The Labute approximate surface area is 123 Å². The molecular formula is C14H15BrF3NO. The first-order valence-electron chi connectivity index (χ1n) is 6.26. The maximum absolute atomic E-state index is 12.6. The van der Waals surface area contributed by atoms with Crippen LogP contribution in [0.2, 0.25) is 0 Å². The van der Waals surface area contributed by atoms with Crippen LogP contribution in [0.1, 0.15) is 36.2 Å². The Morgan fingerprint density at radius 1 is 1.45 bits per heavy atom. The predicted octanol–water partition coefficient (Wildman–Crippen LogP) is 4.24. The van der Waals surface area contributed by atoms with Gasteiger partial charge in [-0.25, -0.2) is 0 Å². The van der Waals surface area contributed by atoms with Crippen molar-refractivity contribution in [3.05, 3.63) is 33.8 Å². The minimum absolute atomic E-state index is 0.0123. The van der Waals surface area contributed by atoms with Crippen LogP contribution in [0.5, 0.6) is 0 Å². The average molecular weight is 350 g/mol. The van der Waals surface area contributed by atoms with Gasteiger partial charge in [0, 0.05) is 11.0 Å². The third kappa shape index (κ3) is 3.34. The van der Waals surface area contributed by atoms with Crippen molar-refractivity contribution < 1.29 is 18.0 Å². The van der Waals surface area contributed by atoms with Gasteiger partial charge in [-0.3, -0.25) is 4.79 Å². The van der Waals surface area contributed by atoms with E-state index in [2.05, 4.69) is 35.1 Å². The van der Waals surface area contributed by atoms with Crippen LogP contribution in [0.25, 0.3) is 0 Å². The van der Waals surface area contributed by atoms with Crippen LogP contribution >= 0.6 is 15.9 Å². The predicted molar refractivity (Wildman–Crippen MR) is 73.4 cm³/mol. The summed E-state index contributed by atoms with van der Waals surface area (Å²) in [5, 5.41) is 2.70. The van der Waals surface area contributed by atoms with Crippen molar-refractivity contribution in [1.29, 1.82) is 0 Å². The van der Waals surface area contributed by atoms with E-state index in [9.17, 15) is 18.0 Å². The molecule has 0 saturated heterocycles. The van der Waals surface area contributed by atoms with Crippen molar-refractivity contribution >= 4 is 21.8 Å². The summed E-state index contributed by atoms with van der Waals surface area (Å²) in [5.74, 6) is -0.0818. The van der Waals surface area contributed by atoms with Gasteiger partial charge >= 0.3 is 6.18 Å². The molecule has 1 aromatic rings. The van der Waals surface area contributed by atoms with Gasteiger partial charge in [-0.2, -0.15) is 13.2 Å². The largest absolute Gasteiger partial charge is 0.416 e. The number of carbonyl (C=O) groups is 1. The lowest BCUT2D eigenvalue weighted by atomic mass is 10.1. The number of carbonyl (C=O) groups excluding carboxylic acids is 1. The average Bonchev–Trinajstić information content (AvgIpc) is 2.93. The minimum Gasteiger partial charge on any atom is -0.352 e. The number of nitrogens with one attached hydrogen (secondary N) is 1. The number of benzene rings is 1. The summed E-state index contributed by atoms with van der Waals surface area (Å²) in [5.41, 5.74) is -0.589. The maximum atomic E-state index is 12.6. The van der Waals surface area contributed by atoms with E-state index in [0.717, 1.165) is 18.6 Å². The second kappa shape index (κ2) is 5.06. The van der Waals surface area contributed by atoms with Crippen LogP contribution in [0, 0.1) is 11.3 Å². The molecule has 1 aliphatic rings. The molecule has 2 nitrogen and oxygen atoms in total. The van der Waals surface area contributed by atoms with Crippen LogP contribution in [-0.2, 0) is 6.18 Å². The van der Waals surface area contributed by atoms with Crippen molar-refractivity contribution in [2.45, 2.75) is 26.4 Å². The number of hydrogen-bond acceptors (Lipinski definition) is 1. The number of halogens is 4. The highest BCUT2D eigenvalue weighted by atomic mass is 79.9. The molecule has 1 fully saturated rings. The highest BCUT2D eigenvalue weighted by Crippen LogP contribution is 2.51. The van der Waals surface area contributed by atoms with Crippen LogP contribution in [0.15, 0.2) is 22.7 Å². The van der Waals surface area contributed by atoms with Gasteiger partial charge in [0.2, 0.25) is 0 Å². The van der Waals surface area contributed by atoms with Gasteiger partial charge in [-0.1, -0.05) is 13.8 Å². The topological polar surface area (TPSA) is 29.1 Å². The van der Waals surface area contributed by atoms with Gasteiger partial charge in [-0.15, -0.1) is 0 Å². The third-order valence-corrected chi connectivity index (χ3v) is 4.46. The second-order valence-electron chi connectivity index (χ2n) is 5.79. The van der Waals surface area contributed by atoms with Gasteiger partial charge in [0.05, 0.1) is 11.1 Å². The number of alkyl halides is 3. The van der Waals surface area contributed by atoms with E-state index in [1.807, 2.05) is 0 Å². The van der Waals surface area contributed by atoms with E-state index < -0.39 is 17.6 Å². The van der Waals surface area contributed by atoms with Gasteiger partial charge in [-0.05, 0) is 51.9 Å². The molecule has 110 valence electrons. The van der Waals surface area contributed by atoms with Gasteiger partial charge in [0.25, 0.3) is 5.91 Å². The van der Waals surface area contributed by atoms with Crippen molar-refractivity contribution in [3.8, 4) is 0 Å². The molecular weight excluding hydrogens is 335 g/mol. The molecule has 1 atom stereocenters. The molecule has 1 aromatic carbocycles. The summed E-state index contributed by atoms with van der Waals surface area (Å²) in [4.78, 5) is 12.0. The third-order valence-electron chi connectivity index (χ3n) is 3.76. The summed E-state index contributed by atoms with van der Waals surface area (Å²) < 4.78 is 38.3. The molecule has 1 aliphatic carbocycles. The fourth-order valence-electron chi connectivity index (χ4n) is 2.11. The Morgan fingerprint density at radius 2 is 2.05 bits per heavy atom. The van der Waals surface area contributed by atoms with Crippen LogP contribution in [0.3, 0.4) is 0 Å². The number of rotatable bonds is 3. The zero-order chi connectivity index (χ0) is 15.1. The monoisotopic (exact) mass is 349 g/mol. The summed E-state index contributed by atoms with van der Waals surface area (Å²) in [7, 11) is 0. The number of amides is 1. The lowest BCUT2D eigenvalue weighted by Gasteiger charge is -2.11. The zero-order valence-electron chi connectivity index (χ0n) is 11.1. The first-order valence-corrected chi connectivity index (χ1v) is 7.05. The maximum Gasteiger partial charge on any atom is 0.416 e. The molecule has 0 heterocycles. The Kier molecular flexibility index (Phi) is 3.88. The minimum atomic E-state index is -4.45. The SMILES string of the molecule is CC1(C)CC1CNC(=O)c1cc(C(F)(F)F)ccc1Br. The Hall–Kier alpha value is -1.04. The smallest absolute Gasteiger partial charge is 0.352 e. The molecule has 20 heavy (non-hydrogen) atoms. The van der Waals surface area contributed by atoms with Gasteiger partial charge < -0.3 is 5.32 Å². The molecule has 6 heteroatoms. The first-order chi connectivity index (χ1) is 9.11. The number of hydrogen-bond donors (Lipinski definition) is 1. The first kappa shape index (κ1) is 15.4. The van der Waals surface area contributed by atoms with E-state index in [-0.39, 0.29) is 11.0 Å². The molecule has 0 radical (unpaired) electrons. The van der Waals surface area contributed by atoms with Crippen molar-refractivity contribution in [2.75, 3.05) is 6.54 Å². The van der Waals surface area contributed by atoms with Crippen molar-refractivity contribution in [2.24, 2.45) is 11.3 Å². The van der Waals surface area contributed by atoms with Crippen LogP contribution in [0.4, 0.5) is 13.2 Å². The highest BCUT2D eigenvalue weighted by molar-refractivity contribution is 9.10. The fraction of sp³-hybridized carbons (Fsp3) is 0.500. The molecule has 1 amide bonds. The van der Waals surface area contributed by atoms with E-state index in [4.69, 9.17) is 0 Å². The Morgan fingerprint density at radius 3 is 2.55 bits per heavy atom. The summed E-state index contributed by atoms with van der Waals surface area (Å²) >= 11 is 3.11.